The molecule has 204 valence electrons. The Bertz CT molecular complexity index is 1300. The van der Waals surface area contributed by atoms with Gasteiger partial charge in [0, 0.05) is 30.3 Å². The molecule has 1 aliphatic heterocycles. The molecule has 1 saturated carbocycles. The van der Waals surface area contributed by atoms with E-state index in [-0.39, 0.29) is 35.5 Å². The van der Waals surface area contributed by atoms with Crippen LogP contribution in [0.2, 0.25) is 0 Å². The van der Waals surface area contributed by atoms with E-state index in [1.807, 2.05) is 18.2 Å². The van der Waals surface area contributed by atoms with Crippen molar-refractivity contribution in [3.63, 3.8) is 0 Å². The lowest BCUT2D eigenvalue weighted by molar-refractivity contribution is -0.143. The van der Waals surface area contributed by atoms with E-state index in [1.54, 1.807) is 13.8 Å². The summed E-state index contributed by atoms with van der Waals surface area (Å²) in [6, 6.07) is 9.97. The summed E-state index contributed by atoms with van der Waals surface area (Å²) in [6.45, 7) is 4.89. The Hall–Kier alpha value is -3.11. The van der Waals surface area contributed by atoms with Gasteiger partial charge in [-0.05, 0) is 74.9 Å². The van der Waals surface area contributed by atoms with Crippen molar-refractivity contribution >= 4 is 18.4 Å². The second-order valence-electron chi connectivity index (χ2n) is 10.0. The maximum atomic E-state index is 13.6. The van der Waals surface area contributed by atoms with Crippen LogP contribution in [0.3, 0.4) is 0 Å². The summed E-state index contributed by atoms with van der Waals surface area (Å²) in [5.74, 6) is -0.901. The van der Waals surface area contributed by atoms with Gasteiger partial charge in [0.2, 0.25) is 5.82 Å². The maximum absolute atomic E-state index is 13.6. The van der Waals surface area contributed by atoms with Crippen molar-refractivity contribution in [1.29, 1.82) is 0 Å². The minimum atomic E-state index is -4.60. The largest absolute Gasteiger partial charge is 0.490 e. The lowest BCUT2D eigenvalue weighted by Crippen LogP contribution is -2.35. The number of ether oxygens (including phenoxy) is 1. The summed E-state index contributed by atoms with van der Waals surface area (Å²) in [4.78, 5) is 18.0. The zero-order chi connectivity index (χ0) is 26.3. The van der Waals surface area contributed by atoms with Crippen molar-refractivity contribution in [2.75, 3.05) is 0 Å². The summed E-state index contributed by atoms with van der Waals surface area (Å²) < 4.78 is 51.6. The van der Waals surface area contributed by atoms with Crippen molar-refractivity contribution in [3.05, 3.63) is 53.1 Å². The predicted molar refractivity (Wildman–Crippen MR) is 136 cm³/mol. The summed E-state index contributed by atoms with van der Waals surface area (Å²) in [6.07, 6.45) is -1.87. The Balaban J connectivity index is 0.00000336. The Morgan fingerprint density at radius 3 is 2.39 bits per heavy atom. The molecular weight excluding hydrogens is 523 g/mol. The van der Waals surface area contributed by atoms with Gasteiger partial charge < -0.3 is 14.4 Å². The molecule has 1 fully saturated rings. The number of hydrogen-bond donors (Lipinski definition) is 1. The standard InChI is InChI=1S/C27H28F3N3O4.ClH/c1-15(2)36-23-10-7-18(12-22(23)27(28,29)30)25-31-24(32-37-25)17-3-4-19-13-33(14-20(19)11-17)21-8-5-16(6-9-21)26(34)35;/h3-4,7,10-12,15-16,21H,5-6,8-9,13-14H2,1-2H3,(H,34,35);1H. The first-order chi connectivity index (χ1) is 17.6. The molecule has 1 N–H and O–H groups in total. The molecule has 1 aliphatic carbocycles. The van der Waals surface area contributed by atoms with E-state index in [1.165, 1.54) is 17.7 Å². The molecule has 0 amide bonds. The number of alkyl halides is 3. The summed E-state index contributed by atoms with van der Waals surface area (Å²) in [5, 5.41) is 13.3. The molecule has 0 spiro atoms. The topological polar surface area (TPSA) is 88.7 Å². The summed E-state index contributed by atoms with van der Waals surface area (Å²) in [5.41, 5.74) is 2.32. The van der Waals surface area contributed by atoms with Crippen LogP contribution in [0.5, 0.6) is 5.75 Å². The molecule has 38 heavy (non-hydrogen) atoms. The van der Waals surface area contributed by atoms with Crippen LogP contribution in [0.25, 0.3) is 22.8 Å². The van der Waals surface area contributed by atoms with Crippen LogP contribution < -0.4 is 4.74 Å². The van der Waals surface area contributed by atoms with E-state index in [0.717, 1.165) is 43.1 Å². The molecule has 0 bridgehead atoms. The number of aliphatic carboxylic acids is 1. The van der Waals surface area contributed by atoms with E-state index < -0.39 is 23.8 Å². The lowest BCUT2D eigenvalue weighted by Gasteiger charge is -2.33. The van der Waals surface area contributed by atoms with Gasteiger partial charge in [0.1, 0.15) is 5.75 Å². The van der Waals surface area contributed by atoms with Crippen molar-refractivity contribution in [2.24, 2.45) is 5.92 Å². The van der Waals surface area contributed by atoms with Crippen LogP contribution in [0.15, 0.2) is 40.9 Å². The highest BCUT2D eigenvalue weighted by atomic mass is 35.5. The van der Waals surface area contributed by atoms with Crippen molar-refractivity contribution in [2.45, 2.75) is 70.9 Å². The quantitative estimate of drug-likeness (QED) is 0.369. The molecule has 3 aromatic rings. The van der Waals surface area contributed by atoms with E-state index in [0.29, 0.717) is 24.7 Å². The third kappa shape index (κ3) is 5.81. The number of fused-ring (bicyclic) bond motifs is 1. The Labute approximate surface area is 224 Å². The average Bonchev–Trinajstić information content (AvgIpc) is 3.50. The first kappa shape index (κ1) is 27.9. The van der Waals surface area contributed by atoms with Crippen molar-refractivity contribution in [1.82, 2.24) is 15.0 Å². The molecule has 0 radical (unpaired) electrons. The molecule has 11 heteroatoms. The first-order valence-corrected chi connectivity index (χ1v) is 12.4. The highest BCUT2D eigenvalue weighted by molar-refractivity contribution is 5.85. The number of nitrogens with zero attached hydrogens (tertiary/aromatic N) is 3. The van der Waals surface area contributed by atoms with Crippen LogP contribution in [0.1, 0.15) is 56.2 Å². The van der Waals surface area contributed by atoms with Crippen LogP contribution in [-0.4, -0.2) is 38.3 Å². The number of carboxylic acids is 1. The van der Waals surface area contributed by atoms with Gasteiger partial charge in [-0.25, -0.2) is 0 Å². The van der Waals surface area contributed by atoms with E-state index in [4.69, 9.17) is 9.26 Å². The van der Waals surface area contributed by atoms with E-state index in [2.05, 4.69) is 15.0 Å². The zero-order valence-corrected chi connectivity index (χ0v) is 21.8. The van der Waals surface area contributed by atoms with Gasteiger partial charge in [-0.3, -0.25) is 9.69 Å². The predicted octanol–water partition coefficient (Wildman–Crippen LogP) is 6.59. The van der Waals surface area contributed by atoms with Crippen LogP contribution in [0, 0.1) is 5.92 Å². The second kappa shape index (κ2) is 10.9. The fourth-order valence-electron chi connectivity index (χ4n) is 5.21. The number of halogens is 4. The zero-order valence-electron chi connectivity index (χ0n) is 21.0. The number of rotatable bonds is 6. The number of carboxylic acid groups (broad SMARTS) is 1. The molecule has 5 rings (SSSR count). The number of benzene rings is 2. The van der Waals surface area contributed by atoms with Gasteiger partial charge in [0.15, 0.2) is 0 Å². The Kier molecular flexibility index (Phi) is 8.04. The van der Waals surface area contributed by atoms with Crippen molar-refractivity contribution in [3.8, 4) is 28.6 Å². The smallest absolute Gasteiger partial charge is 0.419 e. The monoisotopic (exact) mass is 551 g/mol. The molecule has 2 aliphatic rings. The van der Waals surface area contributed by atoms with Gasteiger partial charge in [0.05, 0.1) is 17.6 Å². The highest BCUT2D eigenvalue weighted by Crippen LogP contribution is 2.39. The Morgan fingerprint density at radius 2 is 1.74 bits per heavy atom. The number of hydrogen-bond acceptors (Lipinski definition) is 6. The fourth-order valence-corrected chi connectivity index (χ4v) is 5.21. The normalized spacial score (nSPS) is 19.7. The summed E-state index contributed by atoms with van der Waals surface area (Å²) in [7, 11) is 0. The number of aromatic nitrogens is 2. The second-order valence-corrected chi connectivity index (χ2v) is 10.0. The van der Waals surface area contributed by atoms with Gasteiger partial charge in [-0.1, -0.05) is 17.3 Å². The summed E-state index contributed by atoms with van der Waals surface area (Å²) >= 11 is 0. The molecule has 0 saturated heterocycles. The van der Waals surface area contributed by atoms with Gasteiger partial charge in [0.25, 0.3) is 5.89 Å². The molecular formula is C27H29ClF3N3O4. The molecule has 2 heterocycles. The van der Waals surface area contributed by atoms with Gasteiger partial charge >= 0.3 is 12.1 Å². The SMILES string of the molecule is CC(C)Oc1ccc(-c2nc(-c3ccc4c(c3)CN(C3CCC(C(=O)O)CC3)C4)no2)cc1C(F)(F)F.Cl. The average molecular weight is 552 g/mol. The third-order valence-corrected chi connectivity index (χ3v) is 7.09. The van der Waals surface area contributed by atoms with E-state index in [9.17, 15) is 23.1 Å². The molecule has 1 aromatic heterocycles. The maximum Gasteiger partial charge on any atom is 0.419 e. The van der Waals surface area contributed by atoms with Crippen LogP contribution in [-0.2, 0) is 24.1 Å². The molecule has 7 nitrogen and oxygen atoms in total. The van der Waals surface area contributed by atoms with Gasteiger partial charge in [-0.15, -0.1) is 12.4 Å². The van der Waals surface area contributed by atoms with Crippen molar-refractivity contribution < 1.29 is 32.3 Å². The van der Waals surface area contributed by atoms with Crippen LogP contribution >= 0.6 is 12.4 Å². The Morgan fingerprint density at radius 1 is 1.05 bits per heavy atom. The first-order valence-electron chi connectivity index (χ1n) is 12.4. The molecule has 0 atom stereocenters. The molecule has 2 aromatic carbocycles. The minimum absolute atomic E-state index is 0. The number of carbonyl (C=O) groups is 1. The third-order valence-electron chi connectivity index (χ3n) is 7.09. The fraction of sp³-hybridized carbons (Fsp3) is 0.444. The minimum Gasteiger partial charge on any atom is -0.490 e. The molecule has 0 unspecified atom stereocenters. The van der Waals surface area contributed by atoms with E-state index >= 15 is 0 Å². The van der Waals surface area contributed by atoms with Gasteiger partial charge in [-0.2, -0.15) is 18.2 Å². The van der Waals surface area contributed by atoms with Crippen LogP contribution in [0.4, 0.5) is 13.2 Å². The highest BCUT2D eigenvalue weighted by Gasteiger charge is 2.36. The lowest BCUT2D eigenvalue weighted by atomic mass is 9.85.